The van der Waals surface area contributed by atoms with Crippen LogP contribution in [0, 0.1) is 0 Å². The normalized spacial score (nSPS) is 16.1. The number of hydrogen-bond donors (Lipinski definition) is 1. The lowest BCUT2D eigenvalue weighted by atomic mass is 9.89. The minimum atomic E-state index is -0.0909. The topological polar surface area (TPSA) is 29.5 Å². The Kier molecular flexibility index (Phi) is 3.43. The molecule has 0 spiro atoms. The zero-order valence-corrected chi connectivity index (χ0v) is 14.2. The molecule has 0 amide bonds. The molecule has 0 saturated carbocycles. The van der Waals surface area contributed by atoms with Crippen LogP contribution in [0.4, 0.5) is 0 Å². The molecule has 2 nitrogen and oxygen atoms in total. The second kappa shape index (κ2) is 5.36. The van der Waals surface area contributed by atoms with Gasteiger partial charge in [0.2, 0.25) is 0 Å². The smallest absolute Gasteiger partial charge is 0.123 e. The van der Waals surface area contributed by atoms with Crippen molar-refractivity contribution in [2.45, 2.75) is 38.9 Å². The van der Waals surface area contributed by atoms with Crippen molar-refractivity contribution < 1.29 is 9.84 Å². The van der Waals surface area contributed by atoms with Crippen LogP contribution in [0.15, 0.2) is 41.8 Å². The molecule has 0 fully saturated rings. The van der Waals surface area contributed by atoms with Gasteiger partial charge in [0.1, 0.15) is 11.4 Å². The SMILES string of the molecule is CC1(C)CCc2c(cccc2-c2csc3ccc(CO)cc23)O1. The average Bonchev–Trinajstić information content (AvgIpc) is 2.95. The molecule has 1 N–H and O–H groups in total. The Balaban J connectivity index is 1.89. The van der Waals surface area contributed by atoms with Crippen LogP contribution in [0.25, 0.3) is 21.2 Å². The van der Waals surface area contributed by atoms with Gasteiger partial charge in [0.25, 0.3) is 0 Å². The summed E-state index contributed by atoms with van der Waals surface area (Å²) in [5, 5.41) is 12.9. The molecule has 2 aromatic carbocycles. The molecule has 1 aliphatic rings. The number of aliphatic hydroxyl groups excluding tert-OH is 1. The summed E-state index contributed by atoms with van der Waals surface area (Å²) in [6.07, 6.45) is 2.07. The number of aliphatic hydroxyl groups is 1. The van der Waals surface area contributed by atoms with Crippen LogP contribution in [0.1, 0.15) is 31.4 Å². The Morgan fingerprint density at radius 2 is 2.04 bits per heavy atom. The molecule has 0 bridgehead atoms. The van der Waals surface area contributed by atoms with E-state index in [9.17, 15) is 5.11 Å². The third kappa shape index (κ3) is 2.54. The van der Waals surface area contributed by atoms with Gasteiger partial charge in [-0.15, -0.1) is 11.3 Å². The minimum Gasteiger partial charge on any atom is -0.488 e. The van der Waals surface area contributed by atoms with E-state index in [1.807, 2.05) is 6.07 Å². The summed E-state index contributed by atoms with van der Waals surface area (Å²) in [5.74, 6) is 1.01. The van der Waals surface area contributed by atoms with Crippen LogP contribution < -0.4 is 4.74 Å². The van der Waals surface area contributed by atoms with Crippen molar-refractivity contribution in [2.24, 2.45) is 0 Å². The van der Waals surface area contributed by atoms with Gasteiger partial charge in [0.05, 0.1) is 6.61 Å². The molecule has 1 aromatic heterocycles. The second-order valence-electron chi connectivity index (χ2n) is 6.78. The lowest BCUT2D eigenvalue weighted by molar-refractivity contribution is 0.0849. The summed E-state index contributed by atoms with van der Waals surface area (Å²) in [6, 6.07) is 12.5. The molecule has 3 aromatic rings. The van der Waals surface area contributed by atoms with Gasteiger partial charge in [-0.25, -0.2) is 0 Å². The van der Waals surface area contributed by atoms with E-state index < -0.39 is 0 Å². The number of rotatable bonds is 2. The quantitative estimate of drug-likeness (QED) is 0.705. The molecule has 4 rings (SSSR count). The predicted octanol–water partition coefficient (Wildman–Crippen LogP) is 5.16. The fraction of sp³-hybridized carbons (Fsp3) is 0.300. The Labute approximate surface area is 140 Å². The molecule has 2 heterocycles. The highest BCUT2D eigenvalue weighted by Crippen LogP contribution is 2.42. The Morgan fingerprint density at radius 1 is 1.17 bits per heavy atom. The predicted molar refractivity (Wildman–Crippen MR) is 96.2 cm³/mol. The van der Waals surface area contributed by atoms with Gasteiger partial charge in [0, 0.05) is 21.2 Å². The lowest BCUT2D eigenvalue weighted by Crippen LogP contribution is -2.32. The summed E-state index contributed by atoms with van der Waals surface area (Å²) in [4.78, 5) is 0. The van der Waals surface area contributed by atoms with Crippen LogP contribution in [-0.4, -0.2) is 10.7 Å². The van der Waals surface area contributed by atoms with Gasteiger partial charge < -0.3 is 9.84 Å². The molecule has 0 atom stereocenters. The standard InChI is InChI=1S/C20H20O2S/c1-20(2)9-8-15-14(4-3-5-18(15)22-20)17-12-23-19-7-6-13(11-21)10-16(17)19/h3-7,10,12,21H,8-9,11H2,1-2H3. The summed E-state index contributed by atoms with van der Waals surface area (Å²) in [5.41, 5.74) is 4.69. The van der Waals surface area contributed by atoms with Crippen molar-refractivity contribution in [2.75, 3.05) is 0 Å². The fourth-order valence-electron chi connectivity index (χ4n) is 3.33. The maximum atomic E-state index is 9.43. The first-order valence-corrected chi connectivity index (χ1v) is 8.88. The molecule has 118 valence electrons. The fourth-order valence-corrected chi connectivity index (χ4v) is 4.27. The minimum absolute atomic E-state index is 0.0788. The molecule has 0 saturated heterocycles. The molecule has 3 heteroatoms. The van der Waals surface area contributed by atoms with E-state index in [4.69, 9.17) is 4.74 Å². The average molecular weight is 324 g/mol. The molecule has 0 unspecified atom stereocenters. The number of hydrogen-bond acceptors (Lipinski definition) is 3. The van der Waals surface area contributed by atoms with E-state index in [2.05, 4.69) is 49.6 Å². The van der Waals surface area contributed by atoms with Gasteiger partial charge in [0.15, 0.2) is 0 Å². The van der Waals surface area contributed by atoms with Crippen molar-refractivity contribution in [3.8, 4) is 16.9 Å². The van der Waals surface area contributed by atoms with Crippen molar-refractivity contribution in [1.82, 2.24) is 0 Å². The largest absolute Gasteiger partial charge is 0.488 e. The van der Waals surface area contributed by atoms with Crippen molar-refractivity contribution >= 4 is 21.4 Å². The van der Waals surface area contributed by atoms with Crippen molar-refractivity contribution in [3.05, 3.63) is 52.9 Å². The first-order chi connectivity index (χ1) is 11.1. The van der Waals surface area contributed by atoms with Gasteiger partial charge in [-0.05, 0) is 61.4 Å². The Hall–Kier alpha value is -1.84. The maximum absolute atomic E-state index is 9.43. The molecular weight excluding hydrogens is 304 g/mol. The van der Waals surface area contributed by atoms with Crippen molar-refractivity contribution in [1.29, 1.82) is 0 Å². The molecule has 23 heavy (non-hydrogen) atoms. The first kappa shape index (κ1) is 14.7. The summed E-state index contributed by atoms with van der Waals surface area (Å²) < 4.78 is 7.43. The third-order valence-electron chi connectivity index (χ3n) is 4.61. The zero-order chi connectivity index (χ0) is 16.0. The molecule has 0 aliphatic carbocycles. The van der Waals surface area contributed by atoms with Crippen LogP contribution >= 0.6 is 11.3 Å². The summed E-state index contributed by atoms with van der Waals surface area (Å²) >= 11 is 1.76. The van der Waals surface area contributed by atoms with Gasteiger partial charge in [-0.1, -0.05) is 18.2 Å². The van der Waals surface area contributed by atoms with E-state index in [0.29, 0.717) is 0 Å². The molecule has 0 radical (unpaired) electrons. The highest BCUT2D eigenvalue weighted by atomic mass is 32.1. The summed E-state index contributed by atoms with van der Waals surface area (Å²) in [7, 11) is 0. The van der Waals surface area contributed by atoms with E-state index in [1.165, 1.54) is 26.8 Å². The van der Waals surface area contributed by atoms with Gasteiger partial charge >= 0.3 is 0 Å². The second-order valence-corrected chi connectivity index (χ2v) is 7.69. The zero-order valence-electron chi connectivity index (χ0n) is 13.4. The number of benzene rings is 2. The van der Waals surface area contributed by atoms with Crippen LogP contribution in [0.3, 0.4) is 0 Å². The number of ether oxygens (including phenoxy) is 1. The number of thiophene rings is 1. The Bertz CT molecular complexity index is 876. The van der Waals surface area contributed by atoms with E-state index in [-0.39, 0.29) is 12.2 Å². The monoisotopic (exact) mass is 324 g/mol. The maximum Gasteiger partial charge on any atom is 0.123 e. The van der Waals surface area contributed by atoms with E-state index in [0.717, 1.165) is 24.2 Å². The van der Waals surface area contributed by atoms with Gasteiger partial charge in [-0.2, -0.15) is 0 Å². The van der Waals surface area contributed by atoms with Crippen molar-refractivity contribution in [3.63, 3.8) is 0 Å². The highest BCUT2D eigenvalue weighted by Gasteiger charge is 2.28. The first-order valence-electron chi connectivity index (χ1n) is 8.00. The molecular formula is C20H20O2S. The van der Waals surface area contributed by atoms with Crippen LogP contribution in [-0.2, 0) is 13.0 Å². The number of fused-ring (bicyclic) bond motifs is 2. The van der Waals surface area contributed by atoms with Crippen LogP contribution in [0.2, 0.25) is 0 Å². The van der Waals surface area contributed by atoms with E-state index in [1.54, 1.807) is 11.3 Å². The highest BCUT2D eigenvalue weighted by molar-refractivity contribution is 7.17. The lowest BCUT2D eigenvalue weighted by Gasteiger charge is -2.33. The Morgan fingerprint density at radius 3 is 2.87 bits per heavy atom. The molecule has 1 aliphatic heterocycles. The van der Waals surface area contributed by atoms with E-state index >= 15 is 0 Å². The van der Waals surface area contributed by atoms with Gasteiger partial charge in [-0.3, -0.25) is 0 Å². The van der Waals surface area contributed by atoms with Crippen LogP contribution in [0.5, 0.6) is 5.75 Å². The summed E-state index contributed by atoms with van der Waals surface area (Å²) in [6.45, 7) is 4.38. The third-order valence-corrected chi connectivity index (χ3v) is 5.57.